The third kappa shape index (κ3) is 8.75. The number of phenolic OH excluding ortho intramolecular Hbond substituents is 1. The number of unbranched alkanes of at least 4 members (excludes halogenated alkanes) is 1. The van der Waals surface area contributed by atoms with Gasteiger partial charge in [-0.2, -0.15) is 0 Å². The molecule has 250 valence electrons. The van der Waals surface area contributed by atoms with Gasteiger partial charge in [0.1, 0.15) is 29.2 Å². The average molecular weight is 647 g/mol. The Hall–Kier alpha value is -4.74. The molecular formula is C36H42N2O9. The molecule has 4 atom stereocenters. The van der Waals surface area contributed by atoms with E-state index in [1.54, 1.807) is 37.4 Å². The van der Waals surface area contributed by atoms with Gasteiger partial charge < -0.3 is 34.4 Å². The highest BCUT2D eigenvalue weighted by atomic mass is 16.5. The molecule has 1 saturated heterocycles. The summed E-state index contributed by atoms with van der Waals surface area (Å²) in [5, 5.41) is 16.2. The zero-order valence-electron chi connectivity index (χ0n) is 27.3. The van der Waals surface area contributed by atoms with Crippen LogP contribution in [0.3, 0.4) is 0 Å². The van der Waals surface area contributed by atoms with Gasteiger partial charge in [-0.1, -0.05) is 38.0 Å². The Bertz CT molecular complexity index is 1730. The van der Waals surface area contributed by atoms with E-state index >= 15 is 0 Å². The molecule has 11 heteroatoms. The number of nitrogens with one attached hydrogen (secondary N) is 2. The van der Waals surface area contributed by atoms with Gasteiger partial charge in [-0.25, -0.2) is 4.79 Å². The average Bonchev–Trinajstić information content (AvgIpc) is 3.39. The van der Waals surface area contributed by atoms with Crippen molar-refractivity contribution in [2.24, 2.45) is 0 Å². The smallest absolute Gasteiger partial charge is 0.338 e. The third-order valence-electron chi connectivity index (χ3n) is 7.92. The number of carbonyl (C=O) groups is 3. The molecule has 0 spiro atoms. The molecule has 3 N–H and O–H groups in total. The molecule has 1 fully saturated rings. The molecule has 2 aliphatic heterocycles. The number of phenols is 1. The Labute approximate surface area is 273 Å². The first-order valence-corrected chi connectivity index (χ1v) is 15.6. The van der Waals surface area contributed by atoms with Gasteiger partial charge >= 0.3 is 5.97 Å². The van der Waals surface area contributed by atoms with Gasteiger partial charge in [0.05, 0.1) is 31.4 Å². The number of hydrogen-bond acceptors (Lipinski definition) is 9. The summed E-state index contributed by atoms with van der Waals surface area (Å²) in [7, 11) is 2.95. The molecule has 2 heterocycles. The van der Waals surface area contributed by atoms with Gasteiger partial charge in [-0.15, -0.1) is 0 Å². The standard InChI is InChI=1S/C21H14O5.C15H28N2O4/c1-25-21(24)15-5-3-2-4-14(15)20-16-8-6-12(22)10-18(16)26-19-11-13(23)7-9-17(19)20;1-5-6-7-12(16-11(3)18)15(19)17-13-8-10(2)21-14(13)9-20-4/h2-11,22H,1H3;10,12-14H,5-9H2,1-4H3,(H,16,18)(H,17,19)/t;10-,12?,13-,14+/m.0/s1. The number of methoxy groups -OCH3 is 2. The Kier molecular flexibility index (Phi) is 12.1. The normalized spacial score (nSPS) is 17.9. The molecule has 0 aromatic heterocycles. The van der Waals surface area contributed by atoms with Crippen LogP contribution >= 0.6 is 0 Å². The zero-order chi connectivity index (χ0) is 34.1. The van der Waals surface area contributed by atoms with Crippen molar-refractivity contribution in [2.45, 2.75) is 70.7 Å². The van der Waals surface area contributed by atoms with Crippen molar-refractivity contribution in [1.29, 1.82) is 0 Å². The maximum Gasteiger partial charge on any atom is 0.338 e. The topological polar surface area (TPSA) is 153 Å². The van der Waals surface area contributed by atoms with Crippen molar-refractivity contribution in [3.05, 3.63) is 76.5 Å². The number of carbonyl (C=O) groups excluding carboxylic acids is 3. The summed E-state index contributed by atoms with van der Waals surface area (Å²) >= 11 is 0. The summed E-state index contributed by atoms with van der Waals surface area (Å²) in [6, 6.07) is 15.8. The summed E-state index contributed by atoms with van der Waals surface area (Å²) < 4.78 is 21.6. The van der Waals surface area contributed by atoms with Crippen LogP contribution in [0.4, 0.5) is 0 Å². The van der Waals surface area contributed by atoms with Crippen LogP contribution in [0.2, 0.25) is 0 Å². The Morgan fingerprint density at radius 2 is 1.81 bits per heavy atom. The maximum absolute atomic E-state index is 12.4. The van der Waals surface area contributed by atoms with E-state index < -0.39 is 12.0 Å². The Morgan fingerprint density at radius 3 is 2.51 bits per heavy atom. The molecule has 5 rings (SSSR count). The van der Waals surface area contributed by atoms with Crippen LogP contribution in [0.5, 0.6) is 5.75 Å². The SMILES string of the molecule is CCCCC(NC(C)=O)C(=O)N[C@H]1C[C@H](C)O[C@@H]1COC.COC(=O)c1ccccc1-c1c2ccc(=O)cc-2oc2cc(O)ccc12. The lowest BCUT2D eigenvalue weighted by molar-refractivity contribution is -0.129. The van der Waals surface area contributed by atoms with Gasteiger partial charge in [0, 0.05) is 42.7 Å². The molecule has 0 saturated carbocycles. The minimum Gasteiger partial charge on any atom is -0.508 e. The lowest BCUT2D eigenvalue weighted by Crippen LogP contribution is -2.51. The van der Waals surface area contributed by atoms with Gasteiger partial charge in [-0.3, -0.25) is 14.4 Å². The van der Waals surface area contributed by atoms with E-state index in [0.717, 1.165) is 24.8 Å². The van der Waals surface area contributed by atoms with Crippen molar-refractivity contribution in [2.75, 3.05) is 20.8 Å². The van der Waals surface area contributed by atoms with Crippen molar-refractivity contribution in [3.8, 4) is 28.2 Å². The summed E-state index contributed by atoms with van der Waals surface area (Å²) in [4.78, 5) is 47.6. The second-order valence-corrected chi connectivity index (χ2v) is 11.5. The van der Waals surface area contributed by atoms with Crippen LogP contribution in [0, 0.1) is 0 Å². The van der Waals surface area contributed by atoms with Crippen molar-refractivity contribution in [3.63, 3.8) is 0 Å². The van der Waals surface area contributed by atoms with Crippen LogP contribution in [0.1, 0.15) is 56.8 Å². The van der Waals surface area contributed by atoms with Crippen LogP contribution in [-0.4, -0.2) is 68.0 Å². The summed E-state index contributed by atoms with van der Waals surface area (Å²) in [6.07, 6.45) is 3.28. The molecule has 2 aromatic rings. The predicted octanol–water partition coefficient (Wildman–Crippen LogP) is 5.05. The first kappa shape index (κ1) is 35.1. The van der Waals surface area contributed by atoms with Crippen molar-refractivity contribution in [1.82, 2.24) is 10.6 Å². The lowest BCUT2D eigenvalue weighted by atomic mass is 9.91. The predicted molar refractivity (Wildman–Crippen MR) is 177 cm³/mol. The summed E-state index contributed by atoms with van der Waals surface area (Å²) in [5.74, 6) is -0.351. The fraction of sp³-hybridized carbons (Fsp3) is 0.389. The number of aromatic hydroxyl groups is 1. The monoisotopic (exact) mass is 646 g/mol. The molecule has 47 heavy (non-hydrogen) atoms. The number of fused-ring (bicyclic) bond motifs is 2. The first-order chi connectivity index (χ1) is 22.6. The molecule has 1 aliphatic carbocycles. The van der Waals surface area contributed by atoms with E-state index in [9.17, 15) is 24.3 Å². The van der Waals surface area contributed by atoms with E-state index in [0.29, 0.717) is 46.4 Å². The van der Waals surface area contributed by atoms with Crippen molar-refractivity contribution >= 4 is 28.8 Å². The van der Waals surface area contributed by atoms with Gasteiger partial charge in [-0.05, 0) is 55.7 Å². The number of hydrogen-bond donors (Lipinski definition) is 3. The lowest BCUT2D eigenvalue weighted by Gasteiger charge is -2.23. The molecule has 2 aromatic carbocycles. The second-order valence-electron chi connectivity index (χ2n) is 11.5. The second kappa shape index (κ2) is 16.2. The molecule has 0 radical (unpaired) electrons. The largest absolute Gasteiger partial charge is 0.508 e. The number of benzene rings is 3. The van der Waals surface area contributed by atoms with Crippen LogP contribution in [-0.2, 0) is 23.8 Å². The minimum absolute atomic E-state index is 0.0473. The number of amides is 2. The number of rotatable bonds is 10. The highest BCUT2D eigenvalue weighted by Gasteiger charge is 2.35. The van der Waals surface area contributed by atoms with Gasteiger partial charge in [0.15, 0.2) is 5.43 Å². The van der Waals surface area contributed by atoms with E-state index in [-0.39, 0.29) is 41.2 Å². The molecule has 0 bridgehead atoms. The summed E-state index contributed by atoms with van der Waals surface area (Å²) in [6.45, 7) is 5.93. The molecular weight excluding hydrogens is 604 g/mol. The molecule has 1 unspecified atom stereocenters. The van der Waals surface area contributed by atoms with E-state index in [1.807, 2.05) is 19.1 Å². The first-order valence-electron chi connectivity index (χ1n) is 15.6. The van der Waals surface area contributed by atoms with Crippen LogP contribution in [0.15, 0.2) is 69.9 Å². The van der Waals surface area contributed by atoms with E-state index in [2.05, 4.69) is 17.6 Å². The minimum atomic E-state index is -0.471. The van der Waals surface area contributed by atoms with Crippen molar-refractivity contribution < 1.29 is 38.1 Å². The highest BCUT2D eigenvalue weighted by molar-refractivity contribution is 6.07. The van der Waals surface area contributed by atoms with E-state index in [1.165, 1.54) is 32.2 Å². The van der Waals surface area contributed by atoms with E-state index in [4.69, 9.17) is 18.6 Å². The highest BCUT2D eigenvalue weighted by Crippen LogP contribution is 2.41. The number of ether oxygens (including phenoxy) is 3. The van der Waals surface area contributed by atoms with Gasteiger partial charge in [0.2, 0.25) is 11.8 Å². The fourth-order valence-electron chi connectivity index (χ4n) is 5.77. The third-order valence-corrected chi connectivity index (χ3v) is 7.92. The van der Waals surface area contributed by atoms with Crippen LogP contribution in [0.25, 0.3) is 33.4 Å². The summed E-state index contributed by atoms with van der Waals surface area (Å²) in [5.41, 5.74) is 2.73. The molecule has 2 amide bonds. The van der Waals surface area contributed by atoms with Gasteiger partial charge in [0.25, 0.3) is 0 Å². The maximum atomic E-state index is 12.4. The Balaban J connectivity index is 0.000000219. The zero-order valence-corrected chi connectivity index (χ0v) is 27.3. The fourth-order valence-corrected chi connectivity index (χ4v) is 5.77. The Morgan fingerprint density at radius 1 is 1.04 bits per heavy atom. The molecule has 11 nitrogen and oxygen atoms in total. The quantitative estimate of drug-likeness (QED) is 0.159. The molecule has 3 aliphatic rings. The number of esters is 1. The van der Waals surface area contributed by atoms with Crippen LogP contribution < -0.4 is 16.1 Å².